The monoisotopic (exact) mass is 591 g/mol. The molecular weight excluding hydrogens is 550 g/mol. The van der Waals surface area contributed by atoms with E-state index in [-0.39, 0.29) is 25.3 Å². The van der Waals surface area contributed by atoms with Crippen molar-refractivity contribution in [1.29, 1.82) is 0 Å². The Labute approximate surface area is 260 Å². The van der Waals surface area contributed by atoms with Crippen molar-refractivity contribution >= 4 is 5.91 Å². The Morgan fingerprint density at radius 1 is 0.841 bits per heavy atom. The number of rotatable bonds is 12. The summed E-state index contributed by atoms with van der Waals surface area (Å²) >= 11 is 0. The number of nitrogens with one attached hydrogen (secondary N) is 1. The molecule has 1 amide bonds. The van der Waals surface area contributed by atoms with Crippen molar-refractivity contribution in [2.45, 2.75) is 45.1 Å². The molecule has 0 aromatic heterocycles. The van der Waals surface area contributed by atoms with Gasteiger partial charge in [0.2, 0.25) is 12.7 Å². The predicted molar refractivity (Wildman–Crippen MR) is 172 cm³/mol. The fourth-order valence-electron chi connectivity index (χ4n) is 6.23. The van der Waals surface area contributed by atoms with Crippen molar-refractivity contribution in [3.8, 4) is 22.6 Å². The molecule has 44 heavy (non-hydrogen) atoms. The molecule has 1 saturated heterocycles. The summed E-state index contributed by atoms with van der Waals surface area (Å²) in [5.74, 6) is 1.65. The third kappa shape index (κ3) is 7.48. The molecule has 2 heterocycles. The molecule has 0 aliphatic carbocycles. The molecule has 0 spiro atoms. The minimum absolute atomic E-state index is 0.0466. The molecule has 1 fully saturated rings. The van der Waals surface area contributed by atoms with E-state index in [0.717, 1.165) is 79.3 Å². The fraction of sp³-hybridized carbons (Fsp3) is 0.324. The van der Waals surface area contributed by atoms with Crippen LogP contribution in [0.25, 0.3) is 11.1 Å². The number of piperidine rings is 1. The molecule has 0 bridgehead atoms. The average molecular weight is 592 g/mol. The lowest BCUT2D eigenvalue weighted by atomic mass is 9.96. The molecule has 4 aromatic rings. The molecule has 6 rings (SSSR count). The lowest BCUT2D eigenvalue weighted by Gasteiger charge is -2.39. The first-order valence-corrected chi connectivity index (χ1v) is 15.5. The van der Waals surface area contributed by atoms with Crippen LogP contribution in [0.5, 0.6) is 11.5 Å². The summed E-state index contributed by atoms with van der Waals surface area (Å²) in [5.41, 5.74) is 7.15. The first kappa shape index (κ1) is 29.9. The topological polar surface area (TPSA) is 63.3 Å². The number of amides is 1. The maximum absolute atomic E-state index is 13.4. The van der Waals surface area contributed by atoms with Crippen LogP contribution in [0.4, 0.5) is 0 Å². The van der Waals surface area contributed by atoms with Crippen LogP contribution < -0.4 is 14.8 Å². The van der Waals surface area contributed by atoms with Gasteiger partial charge in [-0.25, -0.2) is 0 Å². The highest BCUT2D eigenvalue weighted by atomic mass is 16.7. The standard InChI is InChI=1S/C37H41N3O4/c1-42-26-37(41)40(33-16-18-39(19-17-33)24-28-8-3-2-4-9-28)25-32-11-5-6-13-34(32)31-12-7-10-29(20-31)22-38-23-30-14-15-35-36(21-30)44-27-43-35/h2-15,20-21,33,38H,16-19,22-27H2,1H3. The molecule has 2 aliphatic heterocycles. The predicted octanol–water partition coefficient (Wildman–Crippen LogP) is 6.01. The van der Waals surface area contributed by atoms with Crippen LogP contribution >= 0.6 is 0 Å². The number of likely N-dealkylation sites (tertiary alicyclic amines) is 1. The minimum Gasteiger partial charge on any atom is -0.454 e. The Hall–Kier alpha value is -4.17. The average Bonchev–Trinajstić information content (AvgIpc) is 3.53. The van der Waals surface area contributed by atoms with Gasteiger partial charge in [0.1, 0.15) is 6.61 Å². The van der Waals surface area contributed by atoms with E-state index < -0.39 is 0 Å². The summed E-state index contributed by atoms with van der Waals surface area (Å²) in [6, 6.07) is 34.0. The Balaban J connectivity index is 1.12. The molecule has 0 saturated carbocycles. The Morgan fingerprint density at radius 3 is 2.39 bits per heavy atom. The summed E-state index contributed by atoms with van der Waals surface area (Å²) in [7, 11) is 1.60. The number of carbonyl (C=O) groups excluding carboxylic acids is 1. The number of hydrogen-bond acceptors (Lipinski definition) is 6. The lowest BCUT2D eigenvalue weighted by molar-refractivity contribution is -0.139. The van der Waals surface area contributed by atoms with Crippen molar-refractivity contribution in [1.82, 2.24) is 15.1 Å². The van der Waals surface area contributed by atoms with Gasteiger partial charge in [0, 0.05) is 52.4 Å². The minimum atomic E-state index is 0.0466. The van der Waals surface area contributed by atoms with Gasteiger partial charge in [-0.3, -0.25) is 9.69 Å². The smallest absolute Gasteiger partial charge is 0.249 e. The van der Waals surface area contributed by atoms with E-state index in [1.165, 1.54) is 11.1 Å². The summed E-state index contributed by atoms with van der Waals surface area (Å²) in [5, 5.41) is 3.56. The van der Waals surface area contributed by atoms with E-state index in [2.05, 4.69) is 100 Å². The summed E-state index contributed by atoms with van der Waals surface area (Å²) in [6.45, 7) is 5.31. The molecule has 0 unspecified atom stereocenters. The molecule has 0 atom stereocenters. The molecule has 228 valence electrons. The van der Waals surface area contributed by atoms with Crippen molar-refractivity contribution in [2.24, 2.45) is 0 Å². The number of carbonyl (C=O) groups is 1. The molecule has 0 radical (unpaired) electrons. The Kier molecular flexibility index (Phi) is 9.87. The maximum atomic E-state index is 13.4. The van der Waals surface area contributed by atoms with E-state index in [1.807, 2.05) is 12.1 Å². The first-order valence-electron chi connectivity index (χ1n) is 15.5. The van der Waals surface area contributed by atoms with E-state index in [1.54, 1.807) is 7.11 Å². The molecule has 4 aromatic carbocycles. The lowest BCUT2D eigenvalue weighted by Crippen LogP contribution is -2.47. The molecule has 7 nitrogen and oxygen atoms in total. The van der Waals surface area contributed by atoms with Crippen molar-refractivity contribution < 1.29 is 19.0 Å². The van der Waals surface area contributed by atoms with Gasteiger partial charge < -0.3 is 24.4 Å². The second-order valence-electron chi connectivity index (χ2n) is 11.6. The van der Waals surface area contributed by atoms with Crippen molar-refractivity contribution in [2.75, 3.05) is 33.6 Å². The Bertz CT molecular complexity index is 1540. The summed E-state index contributed by atoms with van der Waals surface area (Å²) < 4.78 is 16.3. The molecular formula is C37H41N3O4. The Morgan fingerprint density at radius 2 is 1.57 bits per heavy atom. The quantitative estimate of drug-likeness (QED) is 0.218. The molecule has 7 heteroatoms. The van der Waals surface area contributed by atoms with Gasteiger partial charge in [0.25, 0.3) is 0 Å². The third-order valence-corrected chi connectivity index (χ3v) is 8.53. The van der Waals surface area contributed by atoms with Crippen LogP contribution in [-0.4, -0.2) is 55.3 Å². The van der Waals surface area contributed by atoms with Gasteiger partial charge >= 0.3 is 0 Å². The van der Waals surface area contributed by atoms with E-state index >= 15 is 0 Å². The van der Waals surface area contributed by atoms with Crippen LogP contribution in [0.2, 0.25) is 0 Å². The number of benzene rings is 4. The second-order valence-corrected chi connectivity index (χ2v) is 11.6. The van der Waals surface area contributed by atoms with Gasteiger partial charge in [-0.2, -0.15) is 0 Å². The molecule has 2 aliphatic rings. The number of ether oxygens (including phenoxy) is 3. The molecule has 1 N–H and O–H groups in total. The van der Waals surface area contributed by atoms with Gasteiger partial charge in [-0.05, 0) is 64.4 Å². The van der Waals surface area contributed by atoms with Crippen molar-refractivity contribution in [3.05, 3.63) is 119 Å². The maximum Gasteiger partial charge on any atom is 0.249 e. The SMILES string of the molecule is COCC(=O)N(Cc1ccccc1-c1cccc(CNCc2ccc3c(c2)OCO3)c1)C1CCN(Cc2ccccc2)CC1. The third-order valence-electron chi connectivity index (χ3n) is 8.53. The van der Waals surface area contributed by atoms with Gasteiger partial charge in [-0.1, -0.05) is 78.9 Å². The number of hydrogen-bond donors (Lipinski definition) is 1. The zero-order chi connectivity index (χ0) is 30.1. The second kappa shape index (κ2) is 14.5. The fourth-order valence-corrected chi connectivity index (χ4v) is 6.23. The first-order chi connectivity index (χ1) is 21.7. The van der Waals surface area contributed by atoms with Gasteiger partial charge in [0.05, 0.1) is 0 Å². The largest absolute Gasteiger partial charge is 0.454 e. The highest BCUT2D eigenvalue weighted by Crippen LogP contribution is 2.32. The van der Waals surface area contributed by atoms with E-state index in [0.29, 0.717) is 6.54 Å². The van der Waals surface area contributed by atoms with Gasteiger partial charge in [-0.15, -0.1) is 0 Å². The van der Waals surface area contributed by atoms with Crippen LogP contribution in [0, 0.1) is 0 Å². The van der Waals surface area contributed by atoms with Crippen LogP contribution in [0.3, 0.4) is 0 Å². The number of nitrogens with zero attached hydrogens (tertiary/aromatic N) is 2. The van der Waals surface area contributed by atoms with E-state index in [9.17, 15) is 4.79 Å². The zero-order valence-corrected chi connectivity index (χ0v) is 25.4. The highest BCUT2D eigenvalue weighted by Gasteiger charge is 2.28. The van der Waals surface area contributed by atoms with E-state index in [4.69, 9.17) is 14.2 Å². The van der Waals surface area contributed by atoms with Gasteiger partial charge in [0.15, 0.2) is 11.5 Å². The van der Waals surface area contributed by atoms with Crippen molar-refractivity contribution in [3.63, 3.8) is 0 Å². The number of methoxy groups -OCH3 is 1. The normalized spacial score (nSPS) is 14.9. The summed E-state index contributed by atoms with van der Waals surface area (Å²) in [6.07, 6.45) is 1.91. The number of fused-ring (bicyclic) bond motifs is 1. The highest BCUT2D eigenvalue weighted by molar-refractivity contribution is 5.78. The van der Waals surface area contributed by atoms with Crippen LogP contribution in [-0.2, 0) is 35.7 Å². The zero-order valence-electron chi connectivity index (χ0n) is 25.4. The summed E-state index contributed by atoms with van der Waals surface area (Å²) in [4.78, 5) is 17.9. The van der Waals surface area contributed by atoms with Crippen LogP contribution in [0.15, 0.2) is 97.1 Å². The van der Waals surface area contributed by atoms with Crippen LogP contribution in [0.1, 0.15) is 35.1 Å².